The normalized spacial score (nSPS) is 11.0. The van der Waals surface area contributed by atoms with Crippen molar-refractivity contribution in [1.82, 2.24) is 9.88 Å². The van der Waals surface area contributed by atoms with Crippen LogP contribution in [0.1, 0.15) is 52.9 Å². The third kappa shape index (κ3) is 18.4. The van der Waals surface area contributed by atoms with Crippen LogP contribution in [-0.2, 0) is 43.2 Å². The third-order valence-electron chi connectivity index (χ3n) is 3.11. The van der Waals surface area contributed by atoms with Gasteiger partial charge in [0.15, 0.2) is 0 Å². The van der Waals surface area contributed by atoms with E-state index in [2.05, 4.69) is 23.7 Å². The van der Waals surface area contributed by atoms with E-state index in [1.807, 2.05) is 39.0 Å². The molecule has 0 saturated heterocycles. The minimum absolute atomic E-state index is 0. The van der Waals surface area contributed by atoms with Gasteiger partial charge in [0.25, 0.3) is 0 Å². The van der Waals surface area contributed by atoms with Gasteiger partial charge in [-0.1, -0.05) is 19.9 Å². The molecule has 27 heavy (non-hydrogen) atoms. The van der Waals surface area contributed by atoms with Crippen LogP contribution in [-0.4, -0.2) is 39.5 Å². The molecular formula is C17H29BF3IrN3OS. The van der Waals surface area contributed by atoms with Crippen molar-refractivity contribution in [1.29, 1.82) is 5.26 Å². The van der Waals surface area contributed by atoms with E-state index in [1.54, 1.807) is 6.07 Å². The molecule has 0 unspecified atom stereocenters. The second-order valence-electron chi connectivity index (χ2n) is 6.15. The van der Waals surface area contributed by atoms with Crippen LogP contribution in [0.15, 0.2) is 18.2 Å². The Hall–Kier alpha value is -0.746. The van der Waals surface area contributed by atoms with Crippen LogP contribution >= 0.6 is 0 Å². The Bertz CT molecular complexity index is 562. The molecule has 0 aliphatic carbocycles. The van der Waals surface area contributed by atoms with Crippen LogP contribution in [0.5, 0.6) is 0 Å². The Morgan fingerprint density at radius 2 is 1.59 bits per heavy atom. The smallest absolute Gasteiger partial charge is 0.298 e. The first kappa shape index (κ1) is 31.0. The first-order chi connectivity index (χ1) is 12.0. The number of rotatable bonds is 6. The molecule has 1 rings (SSSR count). The molecule has 0 spiro atoms. The summed E-state index contributed by atoms with van der Waals surface area (Å²) in [5.74, 6) is 0.537. The third-order valence-corrected chi connectivity index (χ3v) is 5.03. The number of hydrogen-bond donors (Lipinski definition) is 0. The summed E-state index contributed by atoms with van der Waals surface area (Å²) < 4.78 is 41.0. The summed E-state index contributed by atoms with van der Waals surface area (Å²) in [4.78, 5) is 6.95. The van der Waals surface area contributed by atoms with Crippen molar-refractivity contribution >= 4 is 18.3 Å². The molecule has 0 fully saturated rings. The maximum Gasteiger partial charge on any atom is 0.762 e. The van der Waals surface area contributed by atoms with Gasteiger partial charge in [0.2, 0.25) is 0 Å². The summed E-state index contributed by atoms with van der Waals surface area (Å²) in [6.07, 6.45) is 0. The molecule has 10 heteroatoms. The summed E-state index contributed by atoms with van der Waals surface area (Å²) in [7, 11) is -4.56. The molecule has 1 aromatic heterocycles. The zero-order valence-electron chi connectivity index (χ0n) is 16.8. The largest absolute Gasteiger partial charge is 0.762 e. The second kappa shape index (κ2) is 17.4. The summed E-state index contributed by atoms with van der Waals surface area (Å²) in [6, 6.07) is 7.78. The van der Waals surface area contributed by atoms with Gasteiger partial charge in [-0.05, 0) is 46.0 Å². The molecule has 1 atom stereocenters. The Kier molecular flexibility index (Phi) is 19.9. The van der Waals surface area contributed by atoms with Crippen LogP contribution in [0.3, 0.4) is 0 Å². The van der Waals surface area contributed by atoms with Crippen molar-refractivity contribution < 1.29 is 37.3 Å². The minimum Gasteiger partial charge on any atom is -0.298 e. The maximum absolute atomic E-state index is 12.1. The predicted octanol–water partition coefficient (Wildman–Crippen LogP) is 4.38. The second-order valence-corrected chi connectivity index (χ2v) is 8.36. The Labute approximate surface area is 178 Å². The molecule has 0 aliphatic heterocycles. The average Bonchev–Trinajstić information content (AvgIpc) is 2.52. The van der Waals surface area contributed by atoms with E-state index in [9.17, 15) is 17.2 Å². The first-order valence-corrected chi connectivity index (χ1v) is 9.62. The van der Waals surface area contributed by atoms with Crippen molar-refractivity contribution in [2.45, 2.75) is 58.6 Å². The van der Waals surface area contributed by atoms with Crippen LogP contribution in [0.2, 0.25) is 0 Å². The van der Waals surface area contributed by atoms with Gasteiger partial charge in [0.05, 0.1) is 23.2 Å². The molecule has 0 N–H and O–H groups in total. The molecule has 0 aromatic carbocycles. The standard InChI is InChI=1S/C15H26N2OS.C2H3N.BF3.Ir/c1-6-17(7-2)11-13-9-8-10-14(16-13)12-19(18)15(3,4)5;1-2-3;2-1(3)4;/h8-10H,6-7,11-12H2,1-5H3;1H3;;/t19-;;;/m1.../s1. The quantitative estimate of drug-likeness (QED) is 0.467. The van der Waals surface area contributed by atoms with Gasteiger partial charge in [-0.25, -0.2) is 0 Å². The van der Waals surface area contributed by atoms with E-state index in [4.69, 9.17) is 5.26 Å². The molecular weight excluding hydrogens is 554 g/mol. The molecule has 1 heterocycles. The predicted molar refractivity (Wildman–Crippen MR) is 103 cm³/mol. The number of nitriles is 1. The number of nitrogens with zero attached hydrogens (tertiary/aromatic N) is 3. The molecule has 1 radical (unpaired) electrons. The van der Waals surface area contributed by atoms with Crippen molar-refractivity contribution in [3.05, 3.63) is 29.6 Å². The Morgan fingerprint density at radius 1 is 1.19 bits per heavy atom. The summed E-state index contributed by atoms with van der Waals surface area (Å²) >= 11 is 0. The molecule has 0 aliphatic rings. The van der Waals surface area contributed by atoms with Gasteiger partial charge in [-0.15, -0.1) is 0 Å². The molecule has 1 aromatic rings. The zero-order chi connectivity index (χ0) is 20.8. The fraction of sp³-hybridized carbons (Fsp3) is 0.647. The first-order valence-electron chi connectivity index (χ1n) is 8.30. The minimum atomic E-state index is -3.67. The SMILES string of the molecule is CC#N.CCN(CC)Cc1cccc(C[S@@](=O)C(C)(C)C)n1.FB(F)F.[Ir]. The van der Waals surface area contributed by atoms with Gasteiger partial charge in [0, 0.05) is 49.1 Å². The van der Waals surface area contributed by atoms with Crippen LogP contribution < -0.4 is 0 Å². The molecule has 0 saturated carbocycles. The van der Waals surface area contributed by atoms with Crippen molar-refractivity contribution in [2.24, 2.45) is 0 Å². The monoisotopic (exact) mass is 584 g/mol. The molecule has 0 bridgehead atoms. The topological polar surface area (TPSA) is 57.0 Å². The number of hydrogen-bond acceptors (Lipinski definition) is 4. The number of pyridine rings is 1. The number of halogens is 3. The summed E-state index contributed by atoms with van der Waals surface area (Å²) in [5, 5.41) is 7.32. The fourth-order valence-corrected chi connectivity index (χ4v) is 2.59. The van der Waals surface area contributed by atoms with Crippen molar-refractivity contribution in [2.75, 3.05) is 13.1 Å². The van der Waals surface area contributed by atoms with Gasteiger partial charge in [0.1, 0.15) is 0 Å². The van der Waals surface area contributed by atoms with E-state index in [-0.39, 0.29) is 24.9 Å². The number of aromatic nitrogens is 1. The zero-order valence-corrected chi connectivity index (χ0v) is 20.0. The van der Waals surface area contributed by atoms with E-state index in [0.717, 1.165) is 31.0 Å². The van der Waals surface area contributed by atoms with E-state index >= 15 is 0 Å². The van der Waals surface area contributed by atoms with Gasteiger partial charge in [-0.3, -0.25) is 27.0 Å². The summed E-state index contributed by atoms with van der Waals surface area (Å²) in [5.41, 5.74) is 1.99. The molecule has 4 nitrogen and oxygen atoms in total. The van der Waals surface area contributed by atoms with Crippen molar-refractivity contribution in [3.8, 4) is 6.07 Å². The van der Waals surface area contributed by atoms with Crippen LogP contribution in [0.25, 0.3) is 0 Å². The van der Waals surface area contributed by atoms with E-state index < -0.39 is 18.3 Å². The maximum atomic E-state index is 12.1. The molecule has 0 amide bonds. The molecule has 157 valence electrons. The van der Waals surface area contributed by atoms with Gasteiger partial charge >= 0.3 is 7.54 Å². The van der Waals surface area contributed by atoms with E-state index in [1.165, 1.54) is 6.92 Å². The summed E-state index contributed by atoms with van der Waals surface area (Å²) in [6.45, 7) is 14.7. The van der Waals surface area contributed by atoms with Gasteiger partial charge < -0.3 is 0 Å². The van der Waals surface area contributed by atoms with Crippen LogP contribution in [0.4, 0.5) is 12.9 Å². The van der Waals surface area contributed by atoms with Crippen molar-refractivity contribution in [3.63, 3.8) is 0 Å². The Morgan fingerprint density at radius 3 is 1.96 bits per heavy atom. The van der Waals surface area contributed by atoms with E-state index in [0.29, 0.717) is 5.75 Å². The Balaban J connectivity index is -0.000000621. The average molecular weight is 584 g/mol. The fourth-order valence-electron chi connectivity index (χ4n) is 1.72. The van der Waals surface area contributed by atoms with Crippen LogP contribution in [0, 0.1) is 11.3 Å². The van der Waals surface area contributed by atoms with Gasteiger partial charge in [-0.2, -0.15) is 5.26 Å².